The highest BCUT2D eigenvalue weighted by molar-refractivity contribution is 7.99. The minimum Gasteiger partial charge on any atom is -0.338 e. The van der Waals surface area contributed by atoms with E-state index in [0.717, 1.165) is 31.6 Å². The summed E-state index contributed by atoms with van der Waals surface area (Å²) in [6.07, 6.45) is 4.58. The van der Waals surface area contributed by atoms with E-state index in [1.54, 1.807) is 11.8 Å². The monoisotopic (exact) mass is 230 g/mol. The van der Waals surface area contributed by atoms with Gasteiger partial charge in [0.2, 0.25) is 5.91 Å². The van der Waals surface area contributed by atoms with Crippen LogP contribution in [0.15, 0.2) is 0 Å². The predicted molar refractivity (Wildman–Crippen MR) is 66.0 cm³/mol. The number of piperidine rings is 1. The Balaban J connectivity index is 2.34. The summed E-state index contributed by atoms with van der Waals surface area (Å²) in [5.41, 5.74) is 5.69. The topological polar surface area (TPSA) is 46.3 Å². The van der Waals surface area contributed by atoms with Crippen molar-refractivity contribution in [2.24, 2.45) is 5.73 Å². The van der Waals surface area contributed by atoms with E-state index in [9.17, 15) is 4.79 Å². The lowest BCUT2D eigenvalue weighted by molar-refractivity contribution is -0.131. The number of thioether (sulfide) groups is 1. The number of carbonyl (C=O) groups excluding carboxylic acids is 1. The second-order valence-corrected chi connectivity index (χ2v) is 5.13. The summed E-state index contributed by atoms with van der Waals surface area (Å²) in [6, 6.07) is 0.300. The molecule has 2 N–H and O–H groups in total. The van der Waals surface area contributed by atoms with Crippen molar-refractivity contribution in [3.8, 4) is 0 Å². The second kappa shape index (κ2) is 7.12. The first-order valence-electron chi connectivity index (χ1n) is 5.86. The van der Waals surface area contributed by atoms with Gasteiger partial charge in [0.25, 0.3) is 0 Å². The van der Waals surface area contributed by atoms with Gasteiger partial charge in [0.15, 0.2) is 0 Å². The fourth-order valence-electron chi connectivity index (χ4n) is 1.96. The molecule has 0 aromatic heterocycles. The van der Waals surface area contributed by atoms with Crippen LogP contribution in [-0.2, 0) is 4.79 Å². The van der Waals surface area contributed by atoms with Gasteiger partial charge in [-0.15, -0.1) is 0 Å². The van der Waals surface area contributed by atoms with E-state index in [4.69, 9.17) is 5.73 Å². The molecule has 15 heavy (non-hydrogen) atoms. The molecule has 4 heteroatoms. The number of hydrogen-bond acceptors (Lipinski definition) is 3. The fourth-order valence-corrected chi connectivity index (χ4v) is 2.73. The zero-order chi connectivity index (χ0) is 11.1. The number of rotatable bonds is 5. The number of carbonyl (C=O) groups is 1. The molecule has 0 radical (unpaired) electrons. The maximum atomic E-state index is 11.9. The third kappa shape index (κ3) is 4.03. The predicted octanol–water partition coefficient (Wildman–Crippen LogP) is 1.47. The summed E-state index contributed by atoms with van der Waals surface area (Å²) in [5, 5.41) is 0. The Kier molecular flexibility index (Phi) is 6.10. The van der Waals surface area contributed by atoms with Gasteiger partial charge in [0.05, 0.1) is 5.75 Å². The van der Waals surface area contributed by atoms with Gasteiger partial charge in [0.1, 0.15) is 0 Å². The Hall–Kier alpha value is -0.220. The van der Waals surface area contributed by atoms with Gasteiger partial charge in [0, 0.05) is 19.1 Å². The van der Waals surface area contributed by atoms with Crippen LogP contribution in [0.1, 0.15) is 32.6 Å². The van der Waals surface area contributed by atoms with Crippen LogP contribution in [-0.4, -0.2) is 41.4 Å². The molecule has 1 rings (SSSR count). The molecule has 0 aromatic rings. The normalized spacial score (nSPS) is 21.7. The molecular weight excluding hydrogens is 208 g/mol. The third-order valence-electron chi connectivity index (χ3n) is 2.79. The van der Waals surface area contributed by atoms with Crippen molar-refractivity contribution in [2.45, 2.75) is 38.6 Å². The van der Waals surface area contributed by atoms with Gasteiger partial charge < -0.3 is 10.6 Å². The fraction of sp³-hybridized carbons (Fsp3) is 0.909. The second-order valence-electron chi connectivity index (χ2n) is 4.03. The molecule has 3 nitrogen and oxygen atoms in total. The molecule has 1 fully saturated rings. The van der Waals surface area contributed by atoms with Gasteiger partial charge in [-0.3, -0.25) is 4.79 Å². The van der Waals surface area contributed by atoms with Crippen LogP contribution in [0.25, 0.3) is 0 Å². The summed E-state index contributed by atoms with van der Waals surface area (Å²) in [4.78, 5) is 13.9. The maximum Gasteiger partial charge on any atom is 0.232 e. The zero-order valence-corrected chi connectivity index (χ0v) is 10.4. The smallest absolute Gasteiger partial charge is 0.232 e. The number of amides is 1. The number of hydrogen-bond donors (Lipinski definition) is 1. The molecule has 1 aliphatic rings. The molecule has 0 aromatic carbocycles. The number of nitrogens with zero attached hydrogens (tertiary/aromatic N) is 1. The Morgan fingerprint density at radius 1 is 1.53 bits per heavy atom. The first-order valence-corrected chi connectivity index (χ1v) is 7.02. The molecule has 88 valence electrons. The van der Waals surface area contributed by atoms with Crippen LogP contribution in [0.5, 0.6) is 0 Å². The molecule has 1 amide bonds. The van der Waals surface area contributed by atoms with Crippen LogP contribution in [0.2, 0.25) is 0 Å². The summed E-state index contributed by atoms with van der Waals surface area (Å²) in [7, 11) is 0. The molecule has 1 unspecified atom stereocenters. The highest BCUT2D eigenvalue weighted by Gasteiger charge is 2.24. The van der Waals surface area contributed by atoms with Crippen molar-refractivity contribution in [2.75, 3.05) is 24.6 Å². The van der Waals surface area contributed by atoms with Crippen LogP contribution < -0.4 is 5.73 Å². The lowest BCUT2D eigenvalue weighted by Gasteiger charge is -2.35. The van der Waals surface area contributed by atoms with E-state index >= 15 is 0 Å². The maximum absolute atomic E-state index is 11.9. The van der Waals surface area contributed by atoms with Crippen molar-refractivity contribution >= 4 is 17.7 Å². The van der Waals surface area contributed by atoms with Crippen molar-refractivity contribution in [3.63, 3.8) is 0 Å². The number of nitrogens with two attached hydrogens (primary N) is 1. The molecule has 1 heterocycles. The number of likely N-dealkylation sites (tertiary alicyclic amines) is 1. The SMILES string of the molecule is CCCSCC(=O)N1CCCCC1CN. The van der Waals surface area contributed by atoms with E-state index in [1.165, 1.54) is 6.42 Å². The van der Waals surface area contributed by atoms with Gasteiger partial charge in [-0.25, -0.2) is 0 Å². The molecule has 1 aliphatic heterocycles. The van der Waals surface area contributed by atoms with Crippen molar-refractivity contribution < 1.29 is 4.79 Å². The van der Waals surface area contributed by atoms with Crippen molar-refractivity contribution in [3.05, 3.63) is 0 Å². The average molecular weight is 230 g/mol. The lowest BCUT2D eigenvalue weighted by Crippen LogP contribution is -2.48. The first kappa shape index (κ1) is 12.8. The molecule has 1 saturated heterocycles. The van der Waals surface area contributed by atoms with Gasteiger partial charge in [-0.2, -0.15) is 11.8 Å². The molecule has 0 saturated carbocycles. The third-order valence-corrected chi connectivity index (χ3v) is 3.94. The van der Waals surface area contributed by atoms with E-state index < -0.39 is 0 Å². The molecule has 0 aliphatic carbocycles. The van der Waals surface area contributed by atoms with E-state index in [0.29, 0.717) is 18.3 Å². The Morgan fingerprint density at radius 2 is 2.33 bits per heavy atom. The molecular formula is C11H22N2OS. The average Bonchev–Trinajstić information content (AvgIpc) is 2.29. The largest absolute Gasteiger partial charge is 0.338 e. The highest BCUT2D eigenvalue weighted by atomic mass is 32.2. The Bertz CT molecular complexity index is 199. The van der Waals surface area contributed by atoms with Gasteiger partial charge in [-0.1, -0.05) is 6.92 Å². The highest BCUT2D eigenvalue weighted by Crippen LogP contribution is 2.17. The lowest BCUT2D eigenvalue weighted by atomic mass is 10.0. The first-order chi connectivity index (χ1) is 7.29. The molecule has 0 bridgehead atoms. The van der Waals surface area contributed by atoms with Crippen molar-refractivity contribution in [1.82, 2.24) is 4.90 Å². The quantitative estimate of drug-likeness (QED) is 0.728. The Labute approximate surface area is 96.8 Å². The summed E-state index contributed by atoms with van der Waals surface area (Å²) < 4.78 is 0. The van der Waals surface area contributed by atoms with Crippen LogP contribution in [0, 0.1) is 0 Å². The van der Waals surface area contributed by atoms with Crippen LogP contribution >= 0.6 is 11.8 Å². The molecule has 1 atom stereocenters. The summed E-state index contributed by atoms with van der Waals surface area (Å²) in [5.74, 6) is 1.99. The van der Waals surface area contributed by atoms with E-state index in [2.05, 4.69) is 6.92 Å². The van der Waals surface area contributed by atoms with Crippen molar-refractivity contribution in [1.29, 1.82) is 0 Å². The van der Waals surface area contributed by atoms with E-state index in [1.807, 2.05) is 4.90 Å². The van der Waals surface area contributed by atoms with Gasteiger partial charge >= 0.3 is 0 Å². The van der Waals surface area contributed by atoms with Crippen LogP contribution in [0.3, 0.4) is 0 Å². The summed E-state index contributed by atoms with van der Waals surface area (Å²) in [6.45, 7) is 3.67. The standard InChI is InChI=1S/C11H22N2OS/c1-2-7-15-9-11(14)13-6-4-3-5-10(13)8-12/h10H,2-9,12H2,1H3. The molecule has 0 spiro atoms. The van der Waals surface area contributed by atoms with Crippen LogP contribution in [0.4, 0.5) is 0 Å². The minimum absolute atomic E-state index is 0.281. The van der Waals surface area contributed by atoms with Gasteiger partial charge in [-0.05, 0) is 31.4 Å². The van der Waals surface area contributed by atoms with E-state index in [-0.39, 0.29) is 5.91 Å². The minimum atomic E-state index is 0.281. The Morgan fingerprint density at radius 3 is 3.00 bits per heavy atom. The summed E-state index contributed by atoms with van der Waals surface area (Å²) >= 11 is 1.74. The zero-order valence-electron chi connectivity index (χ0n) is 9.58.